The number of hydrogen-bond acceptors (Lipinski definition) is 2. The van der Waals surface area contributed by atoms with Gasteiger partial charge in [0.2, 0.25) is 0 Å². The molecule has 0 saturated heterocycles. The van der Waals surface area contributed by atoms with E-state index in [4.69, 9.17) is 0 Å². The first-order chi connectivity index (χ1) is 8.60. The van der Waals surface area contributed by atoms with Crippen LogP contribution in [0.4, 0.5) is 5.69 Å². The van der Waals surface area contributed by atoms with E-state index in [0.717, 1.165) is 17.3 Å². The molecule has 18 heavy (non-hydrogen) atoms. The van der Waals surface area contributed by atoms with Gasteiger partial charge in [0.15, 0.2) is 6.29 Å². The van der Waals surface area contributed by atoms with Gasteiger partial charge < -0.3 is 4.90 Å². The summed E-state index contributed by atoms with van der Waals surface area (Å²) in [5, 5.41) is 0. The fourth-order valence-electron chi connectivity index (χ4n) is 2.01. The Labute approximate surface area is 119 Å². The van der Waals surface area contributed by atoms with E-state index in [1.165, 1.54) is 24.9 Å². The molecule has 1 rings (SSSR count). The number of rotatable bonds is 7. The van der Waals surface area contributed by atoms with E-state index in [1.54, 1.807) is 0 Å². The standard InChI is InChI=1S/C15H22BrNO/c1-4-5-6-9-17(12(2)3)14-8-7-13(11-18)15(16)10-14/h7-8,10-12H,4-6,9H2,1-3H3. The molecule has 0 N–H and O–H groups in total. The molecular weight excluding hydrogens is 290 g/mol. The highest BCUT2D eigenvalue weighted by Gasteiger charge is 2.11. The highest BCUT2D eigenvalue weighted by molar-refractivity contribution is 9.10. The van der Waals surface area contributed by atoms with Gasteiger partial charge in [0, 0.05) is 28.3 Å². The first kappa shape index (κ1) is 15.2. The molecule has 0 aliphatic heterocycles. The number of nitrogens with zero attached hydrogens (tertiary/aromatic N) is 1. The van der Waals surface area contributed by atoms with Crippen molar-refractivity contribution in [2.75, 3.05) is 11.4 Å². The smallest absolute Gasteiger partial charge is 0.151 e. The Balaban J connectivity index is 2.85. The van der Waals surface area contributed by atoms with Crippen molar-refractivity contribution >= 4 is 27.9 Å². The van der Waals surface area contributed by atoms with Gasteiger partial charge in [0.05, 0.1) is 0 Å². The topological polar surface area (TPSA) is 20.3 Å². The minimum atomic E-state index is 0.468. The Morgan fingerprint density at radius 3 is 2.56 bits per heavy atom. The molecule has 1 aromatic carbocycles. The van der Waals surface area contributed by atoms with Crippen molar-refractivity contribution in [3.05, 3.63) is 28.2 Å². The summed E-state index contributed by atoms with van der Waals surface area (Å²) in [4.78, 5) is 13.2. The van der Waals surface area contributed by atoms with Crippen LogP contribution in [0.3, 0.4) is 0 Å². The van der Waals surface area contributed by atoms with E-state index in [-0.39, 0.29) is 0 Å². The highest BCUT2D eigenvalue weighted by Crippen LogP contribution is 2.25. The summed E-state index contributed by atoms with van der Waals surface area (Å²) in [5.41, 5.74) is 1.88. The third kappa shape index (κ3) is 4.13. The molecule has 0 heterocycles. The lowest BCUT2D eigenvalue weighted by atomic mass is 10.1. The largest absolute Gasteiger partial charge is 0.369 e. The van der Waals surface area contributed by atoms with E-state index in [0.29, 0.717) is 11.6 Å². The van der Waals surface area contributed by atoms with Crippen molar-refractivity contribution in [3.8, 4) is 0 Å². The summed E-state index contributed by atoms with van der Waals surface area (Å²) >= 11 is 3.45. The average molecular weight is 312 g/mol. The van der Waals surface area contributed by atoms with Gasteiger partial charge in [-0.1, -0.05) is 19.8 Å². The van der Waals surface area contributed by atoms with E-state index >= 15 is 0 Å². The second-order valence-electron chi connectivity index (χ2n) is 4.82. The molecule has 100 valence electrons. The summed E-state index contributed by atoms with van der Waals surface area (Å²) < 4.78 is 0.871. The quantitative estimate of drug-likeness (QED) is 0.539. The molecule has 0 bridgehead atoms. The normalized spacial score (nSPS) is 10.7. The second kappa shape index (κ2) is 7.57. The van der Waals surface area contributed by atoms with Gasteiger partial charge >= 0.3 is 0 Å². The highest BCUT2D eigenvalue weighted by atomic mass is 79.9. The summed E-state index contributed by atoms with van der Waals surface area (Å²) in [6.45, 7) is 7.69. The zero-order valence-electron chi connectivity index (χ0n) is 11.4. The van der Waals surface area contributed by atoms with E-state index in [2.05, 4.69) is 41.6 Å². The van der Waals surface area contributed by atoms with Gasteiger partial charge in [0.25, 0.3) is 0 Å². The molecule has 3 heteroatoms. The Bertz CT molecular complexity index is 390. The van der Waals surface area contributed by atoms with Crippen LogP contribution in [0.25, 0.3) is 0 Å². The first-order valence-electron chi connectivity index (χ1n) is 6.61. The average Bonchev–Trinajstić information content (AvgIpc) is 2.34. The number of anilines is 1. The van der Waals surface area contributed by atoms with Gasteiger partial charge in [0.1, 0.15) is 0 Å². The molecule has 0 radical (unpaired) electrons. The SMILES string of the molecule is CCCCCN(c1ccc(C=O)c(Br)c1)C(C)C. The van der Waals surface area contributed by atoms with Crippen LogP contribution in [0.1, 0.15) is 50.4 Å². The number of unbranched alkanes of at least 4 members (excludes halogenated alkanes) is 2. The predicted molar refractivity (Wildman–Crippen MR) is 81.5 cm³/mol. The molecule has 0 aliphatic carbocycles. The fourth-order valence-corrected chi connectivity index (χ4v) is 2.47. The van der Waals surface area contributed by atoms with Gasteiger partial charge in [-0.05, 0) is 54.4 Å². The molecule has 0 atom stereocenters. The van der Waals surface area contributed by atoms with Crippen molar-refractivity contribution in [3.63, 3.8) is 0 Å². The maximum absolute atomic E-state index is 10.8. The zero-order valence-corrected chi connectivity index (χ0v) is 13.0. The third-order valence-electron chi connectivity index (χ3n) is 3.07. The van der Waals surface area contributed by atoms with Crippen molar-refractivity contribution in [2.45, 2.75) is 46.1 Å². The lowest BCUT2D eigenvalue weighted by Crippen LogP contribution is -2.31. The number of aldehydes is 1. The van der Waals surface area contributed by atoms with Crippen molar-refractivity contribution in [1.82, 2.24) is 0 Å². The van der Waals surface area contributed by atoms with Crippen LogP contribution in [0.5, 0.6) is 0 Å². The summed E-state index contributed by atoms with van der Waals surface area (Å²) in [7, 11) is 0. The minimum Gasteiger partial charge on any atom is -0.369 e. The molecule has 1 aromatic rings. The number of hydrogen-bond donors (Lipinski definition) is 0. The van der Waals surface area contributed by atoms with Crippen LogP contribution in [0.15, 0.2) is 22.7 Å². The lowest BCUT2D eigenvalue weighted by molar-refractivity contribution is 0.112. The van der Waals surface area contributed by atoms with Crippen molar-refractivity contribution in [2.24, 2.45) is 0 Å². The summed E-state index contributed by atoms with van der Waals surface area (Å²) in [6.07, 6.45) is 4.59. The van der Waals surface area contributed by atoms with Gasteiger partial charge in [-0.25, -0.2) is 0 Å². The van der Waals surface area contributed by atoms with Crippen LogP contribution >= 0.6 is 15.9 Å². The molecular formula is C15H22BrNO. The van der Waals surface area contributed by atoms with Crippen LogP contribution in [0, 0.1) is 0 Å². The number of carbonyl (C=O) groups is 1. The Kier molecular flexibility index (Phi) is 6.41. The number of halogens is 1. The fraction of sp³-hybridized carbons (Fsp3) is 0.533. The molecule has 0 aliphatic rings. The minimum absolute atomic E-state index is 0.468. The number of carbonyl (C=O) groups excluding carboxylic acids is 1. The van der Waals surface area contributed by atoms with Crippen LogP contribution in [0.2, 0.25) is 0 Å². The summed E-state index contributed by atoms with van der Waals surface area (Å²) in [5.74, 6) is 0. The van der Waals surface area contributed by atoms with E-state index < -0.39 is 0 Å². The molecule has 0 amide bonds. The molecule has 0 fully saturated rings. The Morgan fingerprint density at radius 1 is 1.33 bits per heavy atom. The molecule has 0 unspecified atom stereocenters. The first-order valence-corrected chi connectivity index (χ1v) is 7.40. The van der Waals surface area contributed by atoms with Crippen LogP contribution in [-0.2, 0) is 0 Å². The molecule has 0 saturated carbocycles. The zero-order chi connectivity index (χ0) is 13.5. The second-order valence-corrected chi connectivity index (χ2v) is 5.67. The third-order valence-corrected chi connectivity index (χ3v) is 3.76. The molecule has 2 nitrogen and oxygen atoms in total. The Morgan fingerprint density at radius 2 is 2.06 bits per heavy atom. The van der Waals surface area contributed by atoms with E-state index in [9.17, 15) is 4.79 Å². The van der Waals surface area contributed by atoms with Gasteiger partial charge in [-0.15, -0.1) is 0 Å². The van der Waals surface area contributed by atoms with Gasteiger partial charge in [-0.2, -0.15) is 0 Å². The maximum atomic E-state index is 10.8. The maximum Gasteiger partial charge on any atom is 0.151 e. The van der Waals surface area contributed by atoms with Crippen molar-refractivity contribution < 1.29 is 4.79 Å². The van der Waals surface area contributed by atoms with Gasteiger partial charge in [-0.3, -0.25) is 4.79 Å². The predicted octanol–water partition coefficient (Wildman–Crippen LogP) is 4.67. The van der Waals surface area contributed by atoms with E-state index in [1.807, 2.05) is 18.2 Å². The lowest BCUT2D eigenvalue weighted by Gasteiger charge is -2.29. The monoisotopic (exact) mass is 311 g/mol. The number of benzene rings is 1. The Hall–Kier alpha value is -0.830. The summed E-state index contributed by atoms with van der Waals surface area (Å²) in [6, 6.07) is 6.41. The molecule has 0 spiro atoms. The van der Waals surface area contributed by atoms with Crippen LogP contribution < -0.4 is 4.90 Å². The molecule has 0 aromatic heterocycles. The van der Waals surface area contributed by atoms with Crippen molar-refractivity contribution in [1.29, 1.82) is 0 Å². The van der Waals surface area contributed by atoms with Crippen LogP contribution in [-0.4, -0.2) is 18.9 Å².